The minimum atomic E-state index is -0.252. The average molecular weight is 201 g/mol. The lowest BCUT2D eigenvalue weighted by atomic mass is 10.1. The predicted octanol–water partition coefficient (Wildman–Crippen LogP) is 3.70. The van der Waals surface area contributed by atoms with Gasteiger partial charge in [-0.25, -0.2) is 0 Å². The van der Waals surface area contributed by atoms with Gasteiger partial charge in [0.15, 0.2) is 0 Å². The third-order valence-corrected chi connectivity index (χ3v) is 6.01. The van der Waals surface area contributed by atoms with E-state index in [4.69, 9.17) is 0 Å². The second kappa shape index (κ2) is 4.14. The Kier molecular flexibility index (Phi) is 2.87. The molecule has 1 heteroatoms. The van der Waals surface area contributed by atoms with Crippen molar-refractivity contribution < 1.29 is 0 Å². The van der Waals surface area contributed by atoms with Crippen molar-refractivity contribution in [1.82, 2.24) is 0 Å². The van der Waals surface area contributed by atoms with E-state index in [1.165, 1.54) is 24.1 Å². The lowest BCUT2D eigenvalue weighted by molar-refractivity contribution is 1.31. The van der Waals surface area contributed by atoms with Crippen LogP contribution in [0.4, 0.5) is 0 Å². The molecule has 1 aliphatic rings. The zero-order chi connectivity index (χ0) is 9.97. The highest BCUT2D eigenvalue weighted by Crippen LogP contribution is 2.31. The summed E-state index contributed by atoms with van der Waals surface area (Å²) in [7, 11) is -0.252. The molecule has 1 radical (unpaired) electrons. The fraction of sp³-hybridized carbons (Fsp3) is 0.385. The average Bonchev–Trinajstić information content (AvgIpc) is 2.65. The second-order valence-corrected chi connectivity index (χ2v) is 6.95. The fourth-order valence-corrected chi connectivity index (χ4v) is 4.53. The van der Waals surface area contributed by atoms with Gasteiger partial charge in [-0.2, -0.15) is 0 Å². The van der Waals surface area contributed by atoms with E-state index in [0.29, 0.717) is 0 Å². The molecule has 0 saturated heterocycles. The van der Waals surface area contributed by atoms with Gasteiger partial charge >= 0.3 is 0 Å². The summed E-state index contributed by atoms with van der Waals surface area (Å²) >= 11 is 0. The monoisotopic (exact) mass is 201 g/mol. The van der Waals surface area contributed by atoms with Crippen LogP contribution in [-0.2, 0) is 6.42 Å². The van der Waals surface area contributed by atoms with E-state index in [-0.39, 0.29) is 8.80 Å². The normalized spacial score (nSPS) is 14.4. The third-order valence-electron chi connectivity index (χ3n) is 3.07. The van der Waals surface area contributed by atoms with Gasteiger partial charge in [-0.15, -0.1) is 0 Å². The Morgan fingerprint density at radius 3 is 2.57 bits per heavy atom. The van der Waals surface area contributed by atoms with E-state index in [1.54, 1.807) is 10.8 Å². The summed E-state index contributed by atoms with van der Waals surface area (Å²) < 4.78 is 0. The molecule has 0 bridgehead atoms. The molecule has 0 unspecified atom stereocenters. The highest BCUT2D eigenvalue weighted by atomic mass is 28.3. The van der Waals surface area contributed by atoms with Gasteiger partial charge in [0.05, 0.1) is 8.80 Å². The summed E-state index contributed by atoms with van der Waals surface area (Å²) in [5.41, 5.74) is 3.08. The largest absolute Gasteiger partial charge is 0.0855 e. The van der Waals surface area contributed by atoms with E-state index in [9.17, 15) is 0 Å². The first-order valence-electron chi connectivity index (χ1n) is 5.50. The van der Waals surface area contributed by atoms with Crippen molar-refractivity contribution in [1.29, 1.82) is 0 Å². The van der Waals surface area contributed by atoms with Crippen molar-refractivity contribution in [2.24, 2.45) is 0 Å². The van der Waals surface area contributed by atoms with Gasteiger partial charge in [-0.1, -0.05) is 61.5 Å². The van der Waals surface area contributed by atoms with Crippen LogP contribution in [0, 0.1) is 0 Å². The van der Waals surface area contributed by atoms with Crippen molar-refractivity contribution >= 4 is 14.0 Å². The lowest BCUT2D eigenvalue weighted by Crippen LogP contribution is -2.11. The van der Waals surface area contributed by atoms with Gasteiger partial charge < -0.3 is 0 Å². The summed E-state index contributed by atoms with van der Waals surface area (Å²) in [5.74, 6) is 0. The second-order valence-electron chi connectivity index (χ2n) is 3.79. The number of fused-ring (bicyclic) bond motifs is 1. The molecular weight excluding hydrogens is 184 g/mol. The molecule has 14 heavy (non-hydrogen) atoms. The quantitative estimate of drug-likeness (QED) is 0.654. The minimum absolute atomic E-state index is 0.252. The molecule has 0 aromatic heterocycles. The van der Waals surface area contributed by atoms with E-state index in [2.05, 4.69) is 44.2 Å². The molecule has 0 atom stereocenters. The summed E-state index contributed by atoms with van der Waals surface area (Å²) in [6.45, 7) is 4.67. The van der Waals surface area contributed by atoms with E-state index in [1.807, 2.05) is 0 Å². The smallest absolute Gasteiger partial charge is 0.0805 e. The standard InChI is InChI=1S/C13H17Si/c1-3-14(4-2)13-10-9-11-7-5-6-8-12(11)13/h5-8,10H,3-4,9H2,1-2H3. The van der Waals surface area contributed by atoms with Crippen molar-refractivity contribution in [2.45, 2.75) is 32.4 Å². The van der Waals surface area contributed by atoms with Crippen LogP contribution in [0.15, 0.2) is 30.3 Å². The molecule has 0 heterocycles. The Hall–Kier alpha value is -0.823. The molecule has 0 saturated carbocycles. The topological polar surface area (TPSA) is 0 Å². The van der Waals surface area contributed by atoms with Gasteiger partial charge in [0.25, 0.3) is 0 Å². The number of rotatable bonds is 3. The van der Waals surface area contributed by atoms with Crippen molar-refractivity contribution in [3.05, 3.63) is 41.5 Å². The summed E-state index contributed by atoms with van der Waals surface area (Å²) in [5, 5.41) is 1.69. The van der Waals surface area contributed by atoms with Gasteiger partial charge in [-0.05, 0) is 17.5 Å². The van der Waals surface area contributed by atoms with E-state index < -0.39 is 0 Å². The van der Waals surface area contributed by atoms with Crippen LogP contribution in [0.25, 0.3) is 5.20 Å². The van der Waals surface area contributed by atoms with Crippen LogP contribution in [-0.4, -0.2) is 8.80 Å². The highest BCUT2D eigenvalue weighted by molar-refractivity contribution is 6.79. The maximum atomic E-state index is 2.46. The van der Waals surface area contributed by atoms with Crippen molar-refractivity contribution in [2.75, 3.05) is 0 Å². The van der Waals surface area contributed by atoms with E-state index >= 15 is 0 Å². The fourth-order valence-electron chi connectivity index (χ4n) is 2.25. The van der Waals surface area contributed by atoms with Crippen LogP contribution in [0.2, 0.25) is 12.1 Å². The van der Waals surface area contributed by atoms with Gasteiger partial charge in [0, 0.05) is 0 Å². The minimum Gasteiger partial charge on any atom is -0.0805 e. The molecule has 0 N–H and O–H groups in total. The van der Waals surface area contributed by atoms with Crippen LogP contribution in [0.1, 0.15) is 25.0 Å². The third kappa shape index (κ3) is 1.57. The molecule has 0 amide bonds. The zero-order valence-corrected chi connectivity index (χ0v) is 10.0. The zero-order valence-electron chi connectivity index (χ0n) is 9.01. The number of hydrogen-bond donors (Lipinski definition) is 0. The molecule has 1 aromatic rings. The molecule has 0 aliphatic heterocycles. The highest BCUT2D eigenvalue weighted by Gasteiger charge is 2.20. The van der Waals surface area contributed by atoms with Crippen molar-refractivity contribution in [3.8, 4) is 0 Å². The van der Waals surface area contributed by atoms with Crippen LogP contribution < -0.4 is 0 Å². The molecule has 0 fully saturated rings. The first kappa shape index (κ1) is 9.72. The maximum Gasteiger partial charge on any atom is 0.0855 e. The van der Waals surface area contributed by atoms with Gasteiger partial charge in [0.1, 0.15) is 0 Å². The number of allylic oxidation sites excluding steroid dienone is 1. The van der Waals surface area contributed by atoms with Crippen LogP contribution in [0.3, 0.4) is 0 Å². The van der Waals surface area contributed by atoms with Crippen LogP contribution >= 0.6 is 0 Å². The van der Waals surface area contributed by atoms with Gasteiger partial charge in [0.2, 0.25) is 0 Å². The Morgan fingerprint density at radius 1 is 1.14 bits per heavy atom. The van der Waals surface area contributed by atoms with Crippen molar-refractivity contribution in [3.63, 3.8) is 0 Å². The Labute approximate surface area is 88.3 Å². The predicted molar refractivity (Wildman–Crippen MR) is 64.8 cm³/mol. The van der Waals surface area contributed by atoms with Crippen LogP contribution in [0.5, 0.6) is 0 Å². The molecule has 0 nitrogen and oxygen atoms in total. The Balaban J connectivity index is 2.32. The Bertz CT molecular complexity index is 348. The summed E-state index contributed by atoms with van der Waals surface area (Å²) in [6, 6.07) is 11.6. The summed E-state index contributed by atoms with van der Waals surface area (Å²) in [4.78, 5) is 0. The SMILES string of the molecule is CC[Si](CC)C1=CCc2ccccc21. The van der Waals surface area contributed by atoms with Gasteiger partial charge in [-0.3, -0.25) is 0 Å². The molecular formula is C13H17Si. The molecule has 2 rings (SSSR count). The maximum absolute atomic E-state index is 2.46. The lowest BCUT2D eigenvalue weighted by Gasteiger charge is -2.13. The van der Waals surface area contributed by atoms with E-state index in [0.717, 1.165) is 0 Å². The Morgan fingerprint density at radius 2 is 1.86 bits per heavy atom. The molecule has 1 aliphatic carbocycles. The molecule has 73 valence electrons. The molecule has 0 spiro atoms. The number of benzene rings is 1. The summed E-state index contributed by atoms with van der Waals surface area (Å²) in [6.07, 6.45) is 3.63. The number of hydrogen-bond acceptors (Lipinski definition) is 0. The first-order valence-corrected chi connectivity index (χ1v) is 7.41. The molecule has 1 aromatic carbocycles. The first-order chi connectivity index (χ1) is 6.86.